The lowest BCUT2D eigenvalue weighted by Crippen LogP contribution is -2.48. The third kappa shape index (κ3) is 2.24. The molecule has 9 heavy (non-hydrogen) atoms. The maximum Gasteiger partial charge on any atom is 0.261 e. The van der Waals surface area contributed by atoms with Crippen LogP contribution in [0.4, 0.5) is 8.78 Å². The first kappa shape index (κ1) is 6.89. The highest BCUT2D eigenvalue weighted by atomic mass is 19.3. The molecule has 0 atom stereocenters. The third-order valence-corrected chi connectivity index (χ3v) is 1.20. The molecule has 0 amide bonds. The molecule has 2 nitrogen and oxygen atoms in total. The average Bonchev–Trinajstić information content (AvgIpc) is 1.60. The van der Waals surface area contributed by atoms with Gasteiger partial charge in [0, 0.05) is 13.1 Å². The molecule has 1 fully saturated rings. The van der Waals surface area contributed by atoms with Crippen molar-refractivity contribution in [1.82, 2.24) is 5.32 Å². The van der Waals surface area contributed by atoms with Crippen LogP contribution in [0.1, 0.15) is 0 Å². The van der Waals surface area contributed by atoms with Gasteiger partial charge in [0.2, 0.25) is 0 Å². The number of alkyl halides is 2. The SMILES string of the molecule is FC(F)COC1CNC1. The molecule has 0 aliphatic carbocycles. The van der Waals surface area contributed by atoms with Gasteiger partial charge in [-0.05, 0) is 0 Å². The molecule has 0 aromatic rings. The lowest BCUT2D eigenvalue weighted by atomic mass is 10.2. The topological polar surface area (TPSA) is 21.3 Å². The highest BCUT2D eigenvalue weighted by molar-refractivity contribution is 4.74. The summed E-state index contributed by atoms with van der Waals surface area (Å²) in [5.74, 6) is 0. The average molecular weight is 137 g/mol. The number of halogens is 2. The van der Waals surface area contributed by atoms with Crippen LogP contribution in [0.15, 0.2) is 0 Å². The van der Waals surface area contributed by atoms with E-state index in [2.05, 4.69) is 5.32 Å². The van der Waals surface area contributed by atoms with Crippen molar-refractivity contribution >= 4 is 0 Å². The molecule has 4 heteroatoms. The summed E-state index contributed by atoms with van der Waals surface area (Å²) >= 11 is 0. The summed E-state index contributed by atoms with van der Waals surface area (Å²) in [7, 11) is 0. The predicted molar refractivity (Wildman–Crippen MR) is 28.6 cm³/mol. The lowest BCUT2D eigenvalue weighted by molar-refractivity contribution is -0.0422. The number of hydrogen-bond acceptors (Lipinski definition) is 2. The highest BCUT2D eigenvalue weighted by Crippen LogP contribution is 2.01. The molecule has 0 saturated carbocycles. The highest BCUT2D eigenvalue weighted by Gasteiger charge is 2.18. The predicted octanol–water partition coefficient (Wildman–Crippen LogP) is 0.240. The zero-order valence-corrected chi connectivity index (χ0v) is 4.94. The molecular formula is C5H9F2NO. The van der Waals surface area contributed by atoms with Gasteiger partial charge in [-0.15, -0.1) is 0 Å². The van der Waals surface area contributed by atoms with E-state index in [-0.39, 0.29) is 6.10 Å². The number of nitrogens with one attached hydrogen (secondary N) is 1. The minimum atomic E-state index is -2.33. The molecule has 1 rings (SSSR count). The summed E-state index contributed by atoms with van der Waals surface area (Å²) < 4.78 is 27.5. The van der Waals surface area contributed by atoms with E-state index in [1.165, 1.54) is 0 Å². The van der Waals surface area contributed by atoms with Gasteiger partial charge in [-0.1, -0.05) is 0 Å². The van der Waals surface area contributed by atoms with Crippen LogP contribution in [0.5, 0.6) is 0 Å². The monoisotopic (exact) mass is 137 g/mol. The number of ether oxygens (including phenoxy) is 1. The van der Waals surface area contributed by atoms with E-state index in [1.54, 1.807) is 0 Å². The van der Waals surface area contributed by atoms with Crippen molar-refractivity contribution in [3.05, 3.63) is 0 Å². The first-order chi connectivity index (χ1) is 4.29. The van der Waals surface area contributed by atoms with Gasteiger partial charge in [0.15, 0.2) is 0 Å². The van der Waals surface area contributed by atoms with E-state index in [0.717, 1.165) is 0 Å². The Kier molecular flexibility index (Phi) is 2.36. The van der Waals surface area contributed by atoms with Crippen LogP contribution in [0.2, 0.25) is 0 Å². The normalized spacial score (nSPS) is 20.3. The fraction of sp³-hybridized carbons (Fsp3) is 1.00. The molecule has 0 bridgehead atoms. The fourth-order valence-electron chi connectivity index (χ4n) is 0.589. The molecule has 0 radical (unpaired) electrons. The first-order valence-corrected chi connectivity index (χ1v) is 2.89. The molecule has 54 valence electrons. The van der Waals surface area contributed by atoms with Crippen molar-refractivity contribution in [2.75, 3.05) is 19.7 Å². The van der Waals surface area contributed by atoms with Crippen LogP contribution >= 0.6 is 0 Å². The van der Waals surface area contributed by atoms with Gasteiger partial charge in [-0.2, -0.15) is 0 Å². The van der Waals surface area contributed by atoms with Crippen molar-refractivity contribution in [3.8, 4) is 0 Å². The smallest absolute Gasteiger partial charge is 0.261 e. The van der Waals surface area contributed by atoms with Crippen molar-refractivity contribution in [2.24, 2.45) is 0 Å². The van der Waals surface area contributed by atoms with E-state index in [4.69, 9.17) is 4.74 Å². The Morgan fingerprint density at radius 2 is 2.22 bits per heavy atom. The number of hydrogen-bond donors (Lipinski definition) is 1. The van der Waals surface area contributed by atoms with Gasteiger partial charge in [0.05, 0.1) is 6.10 Å². The van der Waals surface area contributed by atoms with Crippen LogP contribution in [0, 0.1) is 0 Å². The molecule has 1 N–H and O–H groups in total. The van der Waals surface area contributed by atoms with E-state index in [0.29, 0.717) is 13.1 Å². The van der Waals surface area contributed by atoms with Crippen LogP contribution in [-0.2, 0) is 4.74 Å². The van der Waals surface area contributed by atoms with Crippen molar-refractivity contribution in [2.45, 2.75) is 12.5 Å². The molecule has 0 spiro atoms. The summed E-state index contributed by atoms with van der Waals surface area (Å²) in [5.41, 5.74) is 0. The molecule has 0 aromatic heterocycles. The molecule has 1 aliphatic rings. The minimum absolute atomic E-state index is 0.0269. The van der Waals surface area contributed by atoms with Crippen LogP contribution in [-0.4, -0.2) is 32.2 Å². The molecule has 0 aromatic carbocycles. The molecule has 1 heterocycles. The van der Waals surface area contributed by atoms with Crippen molar-refractivity contribution < 1.29 is 13.5 Å². The van der Waals surface area contributed by atoms with Gasteiger partial charge in [0.1, 0.15) is 6.61 Å². The fourth-order valence-corrected chi connectivity index (χ4v) is 0.589. The van der Waals surface area contributed by atoms with E-state index < -0.39 is 13.0 Å². The minimum Gasteiger partial charge on any atom is -0.370 e. The van der Waals surface area contributed by atoms with Gasteiger partial charge in [-0.25, -0.2) is 8.78 Å². The Morgan fingerprint density at radius 1 is 1.56 bits per heavy atom. The first-order valence-electron chi connectivity index (χ1n) is 2.89. The zero-order chi connectivity index (χ0) is 6.69. The Balaban J connectivity index is 1.91. The van der Waals surface area contributed by atoms with Crippen molar-refractivity contribution in [3.63, 3.8) is 0 Å². The summed E-state index contributed by atoms with van der Waals surface area (Å²) in [6, 6.07) is 0. The van der Waals surface area contributed by atoms with Gasteiger partial charge >= 0.3 is 0 Å². The summed E-state index contributed by atoms with van der Waals surface area (Å²) in [5, 5.41) is 2.92. The molecule has 1 aliphatic heterocycles. The Labute approximate surface area is 52.2 Å². The van der Waals surface area contributed by atoms with Gasteiger partial charge < -0.3 is 10.1 Å². The number of rotatable bonds is 3. The zero-order valence-electron chi connectivity index (χ0n) is 4.94. The van der Waals surface area contributed by atoms with E-state index >= 15 is 0 Å². The summed E-state index contributed by atoms with van der Waals surface area (Å²) in [6.45, 7) is 1.01. The lowest BCUT2D eigenvalue weighted by Gasteiger charge is -2.26. The molecule has 0 unspecified atom stereocenters. The standard InChI is InChI=1S/C5H9F2NO/c6-5(7)3-9-4-1-8-2-4/h4-5,8H,1-3H2. The summed E-state index contributed by atoms with van der Waals surface area (Å²) in [6.07, 6.45) is -2.30. The Hall–Kier alpha value is -0.220. The van der Waals surface area contributed by atoms with Crippen molar-refractivity contribution in [1.29, 1.82) is 0 Å². The summed E-state index contributed by atoms with van der Waals surface area (Å²) in [4.78, 5) is 0. The van der Waals surface area contributed by atoms with Crippen LogP contribution < -0.4 is 5.32 Å². The second-order valence-corrected chi connectivity index (χ2v) is 2.00. The van der Waals surface area contributed by atoms with Gasteiger partial charge in [-0.3, -0.25) is 0 Å². The third-order valence-electron chi connectivity index (χ3n) is 1.20. The molecular weight excluding hydrogens is 128 g/mol. The van der Waals surface area contributed by atoms with Crippen LogP contribution in [0.25, 0.3) is 0 Å². The second kappa shape index (κ2) is 3.08. The van der Waals surface area contributed by atoms with E-state index in [9.17, 15) is 8.78 Å². The largest absolute Gasteiger partial charge is 0.370 e. The maximum absolute atomic E-state index is 11.4. The maximum atomic E-state index is 11.4. The Bertz CT molecular complexity index is 85.0. The second-order valence-electron chi connectivity index (χ2n) is 2.00. The van der Waals surface area contributed by atoms with E-state index in [1.807, 2.05) is 0 Å². The molecule has 1 saturated heterocycles. The van der Waals surface area contributed by atoms with Crippen LogP contribution in [0.3, 0.4) is 0 Å². The Morgan fingerprint density at radius 3 is 2.56 bits per heavy atom. The van der Waals surface area contributed by atoms with Gasteiger partial charge in [0.25, 0.3) is 6.43 Å². The quantitative estimate of drug-likeness (QED) is 0.601.